The van der Waals surface area contributed by atoms with Gasteiger partial charge >= 0.3 is 0 Å². The van der Waals surface area contributed by atoms with E-state index < -0.39 is 6.04 Å². The second-order valence-corrected chi connectivity index (χ2v) is 6.38. The van der Waals surface area contributed by atoms with Crippen LogP contribution in [0.15, 0.2) is 36.7 Å². The lowest BCUT2D eigenvalue weighted by atomic mass is 10.1. The Morgan fingerprint density at radius 2 is 2.04 bits per heavy atom. The highest BCUT2D eigenvalue weighted by molar-refractivity contribution is 5.88. The summed E-state index contributed by atoms with van der Waals surface area (Å²) in [5.74, 6) is 0.422. The van der Waals surface area contributed by atoms with Crippen molar-refractivity contribution < 1.29 is 9.59 Å². The van der Waals surface area contributed by atoms with Crippen LogP contribution in [-0.2, 0) is 16.1 Å². The minimum Gasteiger partial charge on any atom is -0.359 e. The molecule has 0 spiro atoms. The molecular formula is C19H23N5O2. The highest BCUT2D eigenvalue weighted by Gasteiger charge is 2.31. The van der Waals surface area contributed by atoms with Gasteiger partial charge in [-0.3, -0.25) is 14.5 Å². The number of carbonyl (C=O) groups excluding carboxylic acids is 2. The lowest BCUT2D eigenvalue weighted by Crippen LogP contribution is -2.56. The van der Waals surface area contributed by atoms with Gasteiger partial charge in [-0.1, -0.05) is 24.3 Å². The molecule has 1 aromatic heterocycles. The Bertz CT molecular complexity index is 791. The zero-order valence-corrected chi connectivity index (χ0v) is 15.0. The lowest BCUT2D eigenvalue weighted by molar-refractivity contribution is -0.134. The summed E-state index contributed by atoms with van der Waals surface area (Å²) in [6, 6.07) is 7.51. The molecule has 1 fully saturated rings. The van der Waals surface area contributed by atoms with Crippen LogP contribution in [0.2, 0.25) is 0 Å². The van der Waals surface area contributed by atoms with Crippen LogP contribution in [0.4, 0.5) is 0 Å². The van der Waals surface area contributed by atoms with E-state index in [1.165, 1.54) is 0 Å². The number of aryl methyl sites for hydroxylation is 1. The standard InChI is InChI=1S/C19H23N5O2/c1-13-5-3-4-6-15(13)18-22-10-14(11-23-18)12-24-8-7-21-19(26)16(24)9-17(25)20-2/h3-6,10-11,16H,7-9,12H2,1-2H3,(H,20,25)(H,21,26)/t16-/m0/s1. The Balaban J connectivity index is 1.74. The van der Waals surface area contributed by atoms with Crippen molar-refractivity contribution in [3.63, 3.8) is 0 Å². The number of nitrogens with zero attached hydrogens (tertiary/aromatic N) is 3. The number of carbonyl (C=O) groups is 2. The molecule has 0 radical (unpaired) electrons. The second kappa shape index (κ2) is 8.05. The maximum absolute atomic E-state index is 12.2. The number of amides is 2. The van der Waals surface area contributed by atoms with Crippen molar-refractivity contribution in [2.45, 2.75) is 25.9 Å². The predicted octanol–water partition coefficient (Wildman–Crippen LogP) is 0.889. The number of benzene rings is 1. The SMILES string of the molecule is CNC(=O)C[C@H]1C(=O)NCCN1Cc1cnc(-c2ccccc2C)nc1. The number of hydrogen-bond acceptors (Lipinski definition) is 5. The molecule has 0 aliphatic carbocycles. The Kier molecular flexibility index (Phi) is 5.58. The molecule has 7 nitrogen and oxygen atoms in total. The minimum atomic E-state index is -0.472. The van der Waals surface area contributed by atoms with E-state index in [2.05, 4.69) is 20.6 Å². The summed E-state index contributed by atoms with van der Waals surface area (Å²) in [5, 5.41) is 5.40. The van der Waals surface area contributed by atoms with E-state index in [0.717, 1.165) is 16.7 Å². The van der Waals surface area contributed by atoms with Crippen LogP contribution in [0.25, 0.3) is 11.4 Å². The molecule has 1 saturated heterocycles. The van der Waals surface area contributed by atoms with Gasteiger partial charge in [0.05, 0.1) is 12.5 Å². The molecule has 26 heavy (non-hydrogen) atoms. The average molecular weight is 353 g/mol. The Morgan fingerprint density at radius 3 is 2.73 bits per heavy atom. The highest BCUT2D eigenvalue weighted by atomic mass is 16.2. The normalized spacial score (nSPS) is 17.6. The van der Waals surface area contributed by atoms with Crippen LogP contribution in [0.1, 0.15) is 17.5 Å². The third-order valence-electron chi connectivity index (χ3n) is 4.58. The maximum atomic E-state index is 12.2. The first-order chi connectivity index (χ1) is 12.6. The van der Waals surface area contributed by atoms with Gasteiger partial charge in [0, 0.05) is 50.2 Å². The molecule has 2 aromatic rings. The van der Waals surface area contributed by atoms with Crippen LogP contribution < -0.4 is 10.6 Å². The number of nitrogens with one attached hydrogen (secondary N) is 2. The van der Waals surface area contributed by atoms with Crippen LogP contribution >= 0.6 is 0 Å². The van der Waals surface area contributed by atoms with E-state index in [1.54, 1.807) is 19.4 Å². The molecule has 1 aromatic carbocycles. The molecule has 0 bridgehead atoms. The summed E-state index contributed by atoms with van der Waals surface area (Å²) in [6.45, 7) is 3.82. The van der Waals surface area contributed by atoms with Gasteiger partial charge < -0.3 is 10.6 Å². The fourth-order valence-electron chi connectivity index (χ4n) is 3.08. The first-order valence-electron chi connectivity index (χ1n) is 8.67. The van der Waals surface area contributed by atoms with Crippen molar-refractivity contribution in [2.24, 2.45) is 0 Å². The lowest BCUT2D eigenvalue weighted by Gasteiger charge is -2.34. The number of hydrogen-bond donors (Lipinski definition) is 2. The molecule has 2 heterocycles. The van der Waals surface area contributed by atoms with Gasteiger partial charge in [0.1, 0.15) is 0 Å². The fraction of sp³-hybridized carbons (Fsp3) is 0.368. The van der Waals surface area contributed by atoms with Gasteiger partial charge in [0.15, 0.2) is 5.82 Å². The number of aromatic nitrogens is 2. The summed E-state index contributed by atoms with van der Waals surface area (Å²) in [4.78, 5) is 34.8. The zero-order chi connectivity index (χ0) is 18.5. The first kappa shape index (κ1) is 18.0. The summed E-state index contributed by atoms with van der Waals surface area (Å²) in [6.07, 6.45) is 3.72. The van der Waals surface area contributed by atoms with Crippen LogP contribution in [-0.4, -0.2) is 52.9 Å². The topological polar surface area (TPSA) is 87.2 Å². The van der Waals surface area contributed by atoms with Crippen molar-refractivity contribution >= 4 is 11.8 Å². The van der Waals surface area contributed by atoms with Gasteiger partial charge in [-0.25, -0.2) is 9.97 Å². The first-order valence-corrected chi connectivity index (χ1v) is 8.67. The molecule has 1 aliphatic heterocycles. The van der Waals surface area contributed by atoms with Gasteiger partial charge in [0.2, 0.25) is 11.8 Å². The molecule has 1 aliphatic rings. The quantitative estimate of drug-likeness (QED) is 0.834. The minimum absolute atomic E-state index is 0.114. The van der Waals surface area contributed by atoms with E-state index in [0.29, 0.717) is 25.5 Å². The highest BCUT2D eigenvalue weighted by Crippen LogP contribution is 2.19. The van der Waals surface area contributed by atoms with E-state index >= 15 is 0 Å². The summed E-state index contributed by atoms with van der Waals surface area (Å²) in [7, 11) is 1.57. The zero-order valence-electron chi connectivity index (χ0n) is 15.0. The summed E-state index contributed by atoms with van der Waals surface area (Å²) < 4.78 is 0. The van der Waals surface area contributed by atoms with E-state index in [9.17, 15) is 9.59 Å². The third kappa shape index (κ3) is 4.05. The van der Waals surface area contributed by atoms with Gasteiger partial charge in [-0.15, -0.1) is 0 Å². The van der Waals surface area contributed by atoms with E-state index in [1.807, 2.05) is 36.1 Å². The van der Waals surface area contributed by atoms with E-state index in [-0.39, 0.29) is 18.2 Å². The van der Waals surface area contributed by atoms with Crippen molar-refractivity contribution in [1.82, 2.24) is 25.5 Å². The number of rotatable bonds is 5. The smallest absolute Gasteiger partial charge is 0.237 e. The van der Waals surface area contributed by atoms with Crippen LogP contribution in [0.5, 0.6) is 0 Å². The van der Waals surface area contributed by atoms with Gasteiger partial charge in [-0.2, -0.15) is 0 Å². The van der Waals surface area contributed by atoms with Crippen molar-refractivity contribution in [3.05, 3.63) is 47.8 Å². The Hall–Kier alpha value is -2.80. The molecular weight excluding hydrogens is 330 g/mol. The fourth-order valence-corrected chi connectivity index (χ4v) is 3.08. The van der Waals surface area contributed by atoms with Gasteiger partial charge in [-0.05, 0) is 12.5 Å². The number of piperazine rings is 1. The molecule has 2 amide bonds. The monoisotopic (exact) mass is 353 g/mol. The maximum Gasteiger partial charge on any atom is 0.237 e. The predicted molar refractivity (Wildman–Crippen MR) is 98.1 cm³/mol. The molecule has 0 unspecified atom stereocenters. The Labute approximate surface area is 152 Å². The van der Waals surface area contributed by atoms with Crippen molar-refractivity contribution in [2.75, 3.05) is 20.1 Å². The molecule has 7 heteroatoms. The summed E-state index contributed by atoms with van der Waals surface area (Å²) in [5.41, 5.74) is 3.05. The Morgan fingerprint density at radius 1 is 1.31 bits per heavy atom. The van der Waals surface area contributed by atoms with Crippen LogP contribution in [0, 0.1) is 6.92 Å². The summed E-state index contributed by atoms with van der Waals surface area (Å²) >= 11 is 0. The third-order valence-corrected chi connectivity index (χ3v) is 4.58. The molecule has 3 rings (SSSR count). The molecule has 0 saturated carbocycles. The average Bonchev–Trinajstić information content (AvgIpc) is 2.65. The largest absolute Gasteiger partial charge is 0.359 e. The van der Waals surface area contributed by atoms with E-state index in [4.69, 9.17) is 0 Å². The van der Waals surface area contributed by atoms with Crippen molar-refractivity contribution in [1.29, 1.82) is 0 Å². The second-order valence-electron chi connectivity index (χ2n) is 6.38. The van der Waals surface area contributed by atoms with Gasteiger partial charge in [0.25, 0.3) is 0 Å². The molecule has 136 valence electrons. The van der Waals surface area contributed by atoms with Crippen LogP contribution in [0.3, 0.4) is 0 Å². The van der Waals surface area contributed by atoms with Crippen molar-refractivity contribution in [3.8, 4) is 11.4 Å². The molecule has 1 atom stereocenters. The molecule has 2 N–H and O–H groups in total.